The van der Waals surface area contributed by atoms with Crippen LogP contribution in [0.1, 0.15) is 45.0 Å². The summed E-state index contributed by atoms with van der Waals surface area (Å²) in [4.78, 5) is 17.5. The SMILES string of the molecule is COC(c1cccc(C(N)=O)c1)S(=O)(=O)N1CC=C(NOC(c2ccc(F)cc2)c2ccc(F)cc2)CC1. The summed E-state index contributed by atoms with van der Waals surface area (Å²) in [6.07, 6.45) is 1.32. The molecular weight excluding hydrogens is 516 g/mol. The number of methoxy groups -OCH3 is 1. The van der Waals surface area contributed by atoms with Crippen LogP contribution in [0.3, 0.4) is 0 Å². The minimum atomic E-state index is -3.94. The van der Waals surface area contributed by atoms with Gasteiger partial charge in [-0.25, -0.2) is 17.2 Å². The summed E-state index contributed by atoms with van der Waals surface area (Å²) in [5, 5.41) is 0. The molecule has 1 atom stereocenters. The van der Waals surface area contributed by atoms with Gasteiger partial charge in [-0.05, 0) is 59.2 Å². The van der Waals surface area contributed by atoms with Crippen LogP contribution in [0.5, 0.6) is 0 Å². The highest BCUT2D eigenvalue weighted by Gasteiger charge is 2.34. The number of nitrogens with one attached hydrogen (secondary N) is 1. The van der Waals surface area contributed by atoms with Gasteiger partial charge in [0.15, 0.2) is 5.44 Å². The Morgan fingerprint density at radius 2 is 1.58 bits per heavy atom. The Bertz CT molecular complexity index is 1370. The fourth-order valence-electron chi connectivity index (χ4n) is 4.12. The topological polar surface area (TPSA) is 111 Å². The van der Waals surface area contributed by atoms with Crippen LogP contribution in [-0.4, -0.2) is 38.8 Å². The van der Waals surface area contributed by atoms with Crippen LogP contribution in [-0.2, 0) is 19.6 Å². The molecule has 200 valence electrons. The first-order valence-electron chi connectivity index (χ1n) is 11.7. The van der Waals surface area contributed by atoms with Crippen LogP contribution >= 0.6 is 0 Å². The molecule has 0 bridgehead atoms. The summed E-state index contributed by atoms with van der Waals surface area (Å²) in [7, 11) is -2.66. The number of amides is 1. The second-order valence-corrected chi connectivity index (χ2v) is 10.6. The van der Waals surface area contributed by atoms with Crippen LogP contribution in [0.2, 0.25) is 0 Å². The van der Waals surface area contributed by atoms with Crippen LogP contribution in [0, 0.1) is 11.6 Å². The number of ether oxygens (including phenoxy) is 1. The lowest BCUT2D eigenvalue weighted by molar-refractivity contribution is 0.0108. The second-order valence-electron chi connectivity index (χ2n) is 8.64. The summed E-state index contributed by atoms with van der Waals surface area (Å²) < 4.78 is 60.2. The van der Waals surface area contributed by atoms with Crippen LogP contribution in [0.15, 0.2) is 84.6 Å². The number of primary amides is 1. The van der Waals surface area contributed by atoms with Crippen molar-refractivity contribution in [3.05, 3.63) is 118 Å². The molecule has 0 saturated carbocycles. The number of benzene rings is 3. The molecule has 0 aliphatic carbocycles. The predicted molar refractivity (Wildman–Crippen MR) is 137 cm³/mol. The van der Waals surface area contributed by atoms with Crippen molar-refractivity contribution in [3.63, 3.8) is 0 Å². The van der Waals surface area contributed by atoms with Crippen LogP contribution in [0.4, 0.5) is 8.78 Å². The van der Waals surface area contributed by atoms with Crippen molar-refractivity contribution < 1.29 is 31.6 Å². The zero-order valence-corrected chi connectivity index (χ0v) is 21.3. The van der Waals surface area contributed by atoms with Crippen molar-refractivity contribution in [2.24, 2.45) is 5.73 Å². The quantitative estimate of drug-likeness (QED) is 0.375. The Morgan fingerprint density at radius 1 is 0.974 bits per heavy atom. The third kappa shape index (κ3) is 6.25. The number of hydroxylamine groups is 1. The summed E-state index contributed by atoms with van der Waals surface area (Å²) >= 11 is 0. The Hall–Kier alpha value is -3.64. The third-order valence-electron chi connectivity index (χ3n) is 6.11. The van der Waals surface area contributed by atoms with Gasteiger partial charge in [-0.1, -0.05) is 36.4 Å². The molecule has 3 N–H and O–H groups in total. The molecule has 3 aromatic rings. The zero-order chi connectivity index (χ0) is 27.3. The zero-order valence-electron chi connectivity index (χ0n) is 20.5. The Labute approximate surface area is 219 Å². The van der Waals surface area contributed by atoms with Crippen molar-refractivity contribution in [2.75, 3.05) is 20.2 Å². The molecule has 0 fully saturated rings. The number of hydrogen-bond acceptors (Lipinski definition) is 6. The summed E-state index contributed by atoms with van der Waals surface area (Å²) in [6.45, 7) is 0.207. The largest absolute Gasteiger partial charge is 0.366 e. The maximum Gasteiger partial charge on any atom is 0.248 e. The van der Waals surface area contributed by atoms with Gasteiger partial charge in [-0.3, -0.25) is 15.1 Å². The molecule has 4 rings (SSSR count). The van der Waals surface area contributed by atoms with Gasteiger partial charge in [0, 0.05) is 37.9 Å². The molecule has 1 heterocycles. The molecular formula is C27H27F2N3O5S. The van der Waals surface area contributed by atoms with Crippen molar-refractivity contribution >= 4 is 15.9 Å². The maximum absolute atomic E-state index is 13.5. The Morgan fingerprint density at radius 3 is 2.08 bits per heavy atom. The summed E-state index contributed by atoms with van der Waals surface area (Å²) in [5.41, 5.74) is 9.31. The van der Waals surface area contributed by atoms with E-state index in [4.69, 9.17) is 15.3 Å². The first kappa shape index (κ1) is 27.4. The lowest BCUT2D eigenvalue weighted by atomic mass is 10.0. The average Bonchev–Trinajstić information content (AvgIpc) is 2.91. The van der Waals surface area contributed by atoms with E-state index >= 15 is 0 Å². The van der Waals surface area contributed by atoms with Crippen LogP contribution < -0.4 is 11.2 Å². The molecule has 0 aromatic heterocycles. The molecule has 11 heteroatoms. The molecule has 0 saturated heterocycles. The number of carbonyl (C=O) groups is 1. The number of nitrogens with two attached hydrogens (primary N) is 1. The number of sulfonamides is 1. The normalized spacial score (nSPS) is 15.2. The number of nitrogens with zero attached hydrogens (tertiary/aromatic N) is 1. The van der Waals surface area contributed by atoms with Gasteiger partial charge < -0.3 is 10.5 Å². The van der Waals surface area contributed by atoms with Crippen molar-refractivity contribution in [3.8, 4) is 0 Å². The smallest absolute Gasteiger partial charge is 0.248 e. The Balaban J connectivity index is 1.47. The fraction of sp³-hybridized carbons (Fsp3) is 0.222. The highest BCUT2D eigenvalue weighted by molar-refractivity contribution is 7.89. The monoisotopic (exact) mass is 543 g/mol. The minimum Gasteiger partial charge on any atom is -0.366 e. The van der Waals surface area contributed by atoms with Gasteiger partial charge in [-0.2, -0.15) is 4.31 Å². The molecule has 0 spiro atoms. The molecule has 38 heavy (non-hydrogen) atoms. The number of carbonyl (C=O) groups excluding carboxylic acids is 1. The van der Waals surface area contributed by atoms with E-state index in [-0.39, 0.29) is 18.7 Å². The van der Waals surface area contributed by atoms with Gasteiger partial charge >= 0.3 is 0 Å². The van der Waals surface area contributed by atoms with E-state index in [1.165, 1.54) is 47.8 Å². The van der Waals surface area contributed by atoms with E-state index in [1.54, 1.807) is 42.5 Å². The number of halogens is 2. The van der Waals surface area contributed by atoms with Gasteiger partial charge in [0.2, 0.25) is 15.9 Å². The lowest BCUT2D eigenvalue weighted by Crippen LogP contribution is -2.40. The third-order valence-corrected chi connectivity index (χ3v) is 8.17. The molecule has 8 nitrogen and oxygen atoms in total. The predicted octanol–water partition coefficient (Wildman–Crippen LogP) is 3.94. The van der Waals surface area contributed by atoms with E-state index in [0.717, 1.165) is 0 Å². The van der Waals surface area contributed by atoms with Gasteiger partial charge in [0.1, 0.15) is 17.7 Å². The molecule has 1 aliphatic rings. The van der Waals surface area contributed by atoms with E-state index < -0.39 is 39.1 Å². The lowest BCUT2D eigenvalue weighted by Gasteiger charge is -2.30. The number of hydrogen-bond donors (Lipinski definition) is 2. The molecule has 0 radical (unpaired) electrons. The minimum absolute atomic E-state index is 0.0567. The Kier molecular flexibility index (Phi) is 8.52. The van der Waals surface area contributed by atoms with Gasteiger partial charge in [0.05, 0.1) is 0 Å². The van der Waals surface area contributed by atoms with Crippen molar-refractivity contribution in [1.82, 2.24) is 9.79 Å². The van der Waals surface area contributed by atoms with E-state index in [1.807, 2.05) is 0 Å². The standard InChI is InChI=1S/C27H27F2N3O5S/c1-36-27(21-4-2-3-20(17-21)26(30)33)38(34,35)32-15-13-24(14-16-32)31-37-25(18-5-9-22(28)10-6-18)19-7-11-23(29)12-8-19/h2-13,17,25,27,31H,14-16H2,1H3,(H2,30,33). The maximum atomic E-state index is 13.5. The fourth-order valence-corrected chi connectivity index (χ4v) is 5.75. The van der Waals surface area contributed by atoms with Gasteiger partial charge in [0.25, 0.3) is 0 Å². The molecule has 1 aliphatic heterocycles. The molecule has 3 aromatic carbocycles. The summed E-state index contributed by atoms with van der Waals surface area (Å²) in [5.74, 6) is -1.46. The molecule has 1 amide bonds. The van der Waals surface area contributed by atoms with Crippen LogP contribution in [0.25, 0.3) is 0 Å². The number of rotatable bonds is 10. The first-order chi connectivity index (χ1) is 18.2. The molecule has 1 unspecified atom stereocenters. The van der Waals surface area contributed by atoms with E-state index in [0.29, 0.717) is 28.8 Å². The second kappa shape index (κ2) is 11.8. The highest BCUT2D eigenvalue weighted by atomic mass is 32.2. The first-order valence-corrected chi connectivity index (χ1v) is 13.2. The average molecular weight is 544 g/mol. The highest BCUT2D eigenvalue weighted by Crippen LogP contribution is 2.30. The van der Waals surface area contributed by atoms with E-state index in [9.17, 15) is 22.0 Å². The van der Waals surface area contributed by atoms with Gasteiger partial charge in [-0.15, -0.1) is 0 Å². The summed E-state index contributed by atoms with van der Waals surface area (Å²) in [6, 6.07) is 17.5. The van der Waals surface area contributed by atoms with E-state index in [2.05, 4.69) is 5.48 Å². The van der Waals surface area contributed by atoms with Crippen molar-refractivity contribution in [2.45, 2.75) is 18.0 Å². The van der Waals surface area contributed by atoms with Crippen molar-refractivity contribution in [1.29, 1.82) is 0 Å².